The molecule has 0 aliphatic rings. The third-order valence-corrected chi connectivity index (χ3v) is 6.13. The van der Waals surface area contributed by atoms with Gasteiger partial charge in [-0.15, -0.1) is 0 Å². The molecule has 7 heteroatoms. The van der Waals surface area contributed by atoms with E-state index in [1.165, 1.54) is 0 Å². The van der Waals surface area contributed by atoms with Gasteiger partial charge in [0.05, 0.1) is 16.6 Å². The van der Waals surface area contributed by atoms with Gasteiger partial charge in [-0.25, -0.2) is 0 Å². The molecular formula is C27H20N4O3. The average Bonchev–Trinajstić information content (AvgIpc) is 3.21. The molecule has 4 aromatic heterocycles. The second-order valence-corrected chi connectivity index (χ2v) is 8.26. The second-order valence-electron chi connectivity index (χ2n) is 8.26. The van der Waals surface area contributed by atoms with E-state index in [0.29, 0.717) is 17.7 Å². The minimum atomic E-state index is -0.693. The Bertz CT molecular complexity index is 1740. The minimum Gasteiger partial charge on any atom is -0.481 e. The number of nitrogens with one attached hydrogen (secondary N) is 1. The van der Waals surface area contributed by atoms with Gasteiger partial charge in [0.15, 0.2) is 6.10 Å². The topological polar surface area (TPSA) is 85.6 Å². The quantitative estimate of drug-likeness (QED) is 0.402. The minimum absolute atomic E-state index is 0.0760. The number of hydrogen-bond acceptors (Lipinski definition) is 5. The van der Waals surface area contributed by atoms with Crippen LogP contribution in [0.15, 0.2) is 84.0 Å². The number of pyridine rings is 3. The van der Waals surface area contributed by atoms with Crippen LogP contribution in [0.5, 0.6) is 5.75 Å². The molecule has 1 amide bonds. The Morgan fingerprint density at radius 2 is 1.85 bits per heavy atom. The largest absolute Gasteiger partial charge is 0.481 e. The number of carbonyl (C=O) groups excluding carboxylic acids is 1. The Balaban J connectivity index is 1.38. The SMILES string of the molecule is CC(Oc1ccc2c(c1)c1ccnc3c4ccccc4c(=O)n2c13)C(=O)NCc1cccnc1. The van der Waals surface area contributed by atoms with Gasteiger partial charge in [0.2, 0.25) is 0 Å². The number of carbonyl (C=O) groups is 1. The zero-order valence-corrected chi connectivity index (χ0v) is 18.4. The highest BCUT2D eigenvalue weighted by Gasteiger charge is 2.19. The molecule has 4 heterocycles. The fraction of sp³-hybridized carbons (Fsp3) is 0.111. The highest BCUT2D eigenvalue weighted by Crippen LogP contribution is 2.34. The van der Waals surface area contributed by atoms with Crippen LogP contribution in [-0.4, -0.2) is 26.4 Å². The highest BCUT2D eigenvalue weighted by molar-refractivity contribution is 6.18. The van der Waals surface area contributed by atoms with Crippen LogP contribution in [0.25, 0.3) is 38.1 Å². The van der Waals surface area contributed by atoms with Crippen molar-refractivity contribution in [3.63, 3.8) is 0 Å². The molecule has 0 bridgehead atoms. The number of ether oxygens (including phenoxy) is 1. The molecular weight excluding hydrogens is 428 g/mol. The molecule has 1 unspecified atom stereocenters. The van der Waals surface area contributed by atoms with Crippen molar-refractivity contribution in [2.24, 2.45) is 0 Å². The lowest BCUT2D eigenvalue weighted by atomic mass is 10.1. The monoisotopic (exact) mass is 448 g/mol. The summed E-state index contributed by atoms with van der Waals surface area (Å²) >= 11 is 0. The summed E-state index contributed by atoms with van der Waals surface area (Å²) in [6.07, 6.45) is 4.47. The van der Waals surface area contributed by atoms with Gasteiger partial charge in [0.1, 0.15) is 5.75 Å². The van der Waals surface area contributed by atoms with E-state index in [4.69, 9.17) is 4.74 Å². The van der Waals surface area contributed by atoms with Gasteiger partial charge >= 0.3 is 0 Å². The number of aromatic nitrogens is 3. The summed E-state index contributed by atoms with van der Waals surface area (Å²) < 4.78 is 7.69. The van der Waals surface area contributed by atoms with Crippen molar-refractivity contribution < 1.29 is 9.53 Å². The molecule has 6 rings (SSSR count). The molecule has 34 heavy (non-hydrogen) atoms. The molecule has 0 aliphatic carbocycles. The van der Waals surface area contributed by atoms with Gasteiger partial charge in [0.25, 0.3) is 11.5 Å². The molecule has 0 spiro atoms. The molecule has 0 fully saturated rings. The lowest BCUT2D eigenvalue weighted by molar-refractivity contribution is -0.127. The van der Waals surface area contributed by atoms with E-state index in [2.05, 4.69) is 15.3 Å². The predicted molar refractivity (Wildman–Crippen MR) is 131 cm³/mol. The zero-order valence-electron chi connectivity index (χ0n) is 18.4. The van der Waals surface area contributed by atoms with Crippen molar-refractivity contribution in [1.82, 2.24) is 19.7 Å². The van der Waals surface area contributed by atoms with Crippen LogP contribution in [0.4, 0.5) is 0 Å². The summed E-state index contributed by atoms with van der Waals surface area (Å²) in [5.74, 6) is 0.333. The third-order valence-electron chi connectivity index (χ3n) is 6.13. The van der Waals surface area contributed by atoms with Crippen LogP contribution in [0.3, 0.4) is 0 Å². The Kier molecular flexibility index (Phi) is 4.62. The molecule has 0 aliphatic heterocycles. The van der Waals surface area contributed by atoms with E-state index in [-0.39, 0.29) is 11.5 Å². The summed E-state index contributed by atoms with van der Waals surface area (Å²) in [5, 5.41) is 6.13. The number of hydrogen-bond donors (Lipinski definition) is 1. The van der Waals surface area contributed by atoms with E-state index in [1.54, 1.807) is 36.0 Å². The van der Waals surface area contributed by atoms with Crippen molar-refractivity contribution in [1.29, 1.82) is 0 Å². The van der Waals surface area contributed by atoms with Crippen molar-refractivity contribution in [2.75, 3.05) is 0 Å². The summed E-state index contributed by atoms with van der Waals surface area (Å²) in [6, 6.07) is 18.7. The fourth-order valence-corrected chi connectivity index (χ4v) is 4.52. The van der Waals surface area contributed by atoms with Gasteiger partial charge < -0.3 is 10.1 Å². The number of fused-ring (bicyclic) bond motifs is 5. The van der Waals surface area contributed by atoms with E-state index < -0.39 is 6.10 Å². The Labute approximate surface area is 194 Å². The number of amides is 1. The lowest BCUT2D eigenvalue weighted by Gasteiger charge is -2.15. The molecule has 7 nitrogen and oxygen atoms in total. The van der Waals surface area contributed by atoms with Crippen molar-refractivity contribution >= 4 is 44.0 Å². The van der Waals surface area contributed by atoms with Crippen molar-refractivity contribution in [3.05, 3.63) is 95.2 Å². The first kappa shape index (κ1) is 20.1. The first-order chi connectivity index (χ1) is 16.6. The van der Waals surface area contributed by atoms with Gasteiger partial charge in [-0.05, 0) is 48.9 Å². The van der Waals surface area contributed by atoms with Crippen LogP contribution in [0.1, 0.15) is 12.5 Å². The zero-order chi connectivity index (χ0) is 23.2. The molecule has 0 saturated heterocycles. The normalized spacial score (nSPS) is 12.5. The molecule has 1 atom stereocenters. The first-order valence-electron chi connectivity index (χ1n) is 11.0. The van der Waals surface area contributed by atoms with E-state index in [1.807, 2.05) is 54.6 Å². The van der Waals surface area contributed by atoms with Gasteiger partial charge in [-0.2, -0.15) is 0 Å². The van der Waals surface area contributed by atoms with Gasteiger partial charge in [-0.1, -0.05) is 24.3 Å². The fourth-order valence-electron chi connectivity index (χ4n) is 4.52. The summed E-state index contributed by atoms with van der Waals surface area (Å²) in [7, 11) is 0. The number of benzene rings is 2. The first-order valence-corrected chi connectivity index (χ1v) is 11.0. The Hall–Kier alpha value is -4.52. The molecule has 0 radical (unpaired) electrons. The van der Waals surface area contributed by atoms with Gasteiger partial charge in [0, 0.05) is 46.7 Å². The maximum atomic E-state index is 13.4. The molecule has 2 aromatic carbocycles. The molecule has 0 saturated carbocycles. The summed E-state index contributed by atoms with van der Waals surface area (Å²) in [6.45, 7) is 2.09. The van der Waals surface area contributed by atoms with Gasteiger partial charge in [-0.3, -0.25) is 24.0 Å². The van der Waals surface area contributed by atoms with E-state index in [9.17, 15) is 9.59 Å². The predicted octanol–water partition coefficient (Wildman–Crippen LogP) is 4.07. The van der Waals surface area contributed by atoms with Crippen molar-refractivity contribution in [2.45, 2.75) is 19.6 Å². The third kappa shape index (κ3) is 3.13. The molecule has 1 N–H and O–H groups in total. The van der Waals surface area contributed by atoms with Crippen LogP contribution >= 0.6 is 0 Å². The van der Waals surface area contributed by atoms with E-state index >= 15 is 0 Å². The average molecular weight is 448 g/mol. The highest BCUT2D eigenvalue weighted by atomic mass is 16.5. The van der Waals surface area contributed by atoms with Crippen LogP contribution < -0.4 is 15.6 Å². The maximum absolute atomic E-state index is 13.4. The van der Waals surface area contributed by atoms with E-state index in [0.717, 1.165) is 38.3 Å². The molecule has 166 valence electrons. The van der Waals surface area contributed by atoms with Crippen molar-refractivity contribution in [3.8, 4) is 5.75 Å². The summed E-state index contributed by atoms with van der Waals surface area (Å²) in [4.78, 5) is 34.6. The van der Waals surface area contributed by atoms with Crippen LogP contribution in [0.2, 0.25) is 0 Å². The lowest BCUT2D eigenvalue weighted by Crippen LogP contribution is -2.35. The smallest absolute Gasteiger partial charge is 0.263 e. The molecule has 6 aromatic rings. The number of nitrogens with zero attached hydrogens (tertiary/aromatic N) is 3. The Morgan fingerprint density at radius 1 is 1.00 bits per heavy atom. The summed E-state index contributed by atoms with van der Waals surface area (Å²) in [5.41, 5.74) is 3.20. The van der Waals surface area contributed by atoms with Crippen LogP contribution in [0, 0.1) is 0 Å². The standard InChI is InChI=1S/C27H20N4O3/c1-16(26(32)30-15-17-5-4-11-28-14-17)34-18-8-9-23-22(13-18)20-10-12-29-24-19-6-2-3-7-21(19)27(33)31(23)25(20)24/h2-14,16H,15H2,1H3,(H,30,32). The Morgan fingerprint density at radius 3 is 2.68 bits per heavy atom. The number of rotatable bonds is 5. The second kappa shape index (κ2) is 7.81. The van der Waals surface area contributed by atoms with Crippen LogP contribution in [-0.2, 0) is 11.3 Å². The maximum Gasteiger partial charge on any atom is 0.263 e.